The van der Waals surface area contributed by atoms with Crippen molar-refractivity contribution in [3.05, 3.63) is 27.0 Å². The third-order valence-electron chi connectivity index (χ3n) is 8.45. The van der Waals surface area contributed by atoms with Crippen molar-refractivity contribution in [1.29, 1.82) is 0 Å². The van der Waals surface area contributed by atoms with E-state index in [9.17, 15) is 28.9 Å². The SMILES string of the molecule is COP(=O)(OC(COOPOCC1CCC(n2cnc3c(=O)[nH]c(N)nc32)O1)CO[P+](=O)OOC[C@H]1O[C@@H]([N+](C)(C)c2c(N)nc(N)[nH]c2=O)C(O)C1O)SC. The molecule has 0 spiro atoms. The summed E-state index contributed by atoms with van der Waals surface area (Å²) < 4.78 is 69.2. The summed E-state index contributed by atoms with van der Waals surface area (Å²) in [5, 5.41) is 21.3. The third kappa shape index (κ3) is 10.6. The van der Waals surface area contributed by atoms with Gasteiger partial charge in [-0.1, -0.05) is 0 Å². The Morgan fingerprint density at radius 1 is 1.09 bits per heavy atom. The Bertz CT molecular complexity index is 1980. The van der Waals surface area contributed by atoms with E-state index in [-0.39, 0.29) is 48.2 Å². The van der Waals surface area contributed by atoms with Gasteiger partial charge in [-0.15, -0.1) is 4.52 Å². The smallest absolute Gasteiger partial charge is 0.387 e. The fraction of sp³-hybridized carbons (Fsp3) is 0.654. The van der Waals surface area contributed by atoms with E-state index in [4.69, 9.17) is 63.9 Å². The Morgan fingerprint density at radius 3 is 2.54 bits per heavy atom. The predicted molar refractivity (Wildman–Crippen MR) is 199 cm³/mol. The predicted octanol–water partition coefficient (Wildman–Crippen LogP) is -0.0609. The molecular weight excluding hydrogens is 833 g/mol. The van der Waals surface area contributed by atoms with Crippen molar-refractivity contribution in [1.82, 2.24) is 34.0 Å². The second-order valence-corrected chi connectivity index (χ2v) is 18.3. The van der Waals surface area contributed by atoms with Crippen LogP contribution in [0, 0.1) is 0 Å². The van der Waals surface area contributed by atoms with Gasteiger partial charge in [0.1, 0.15) is 44.4 Å². The first-order chi connectivity index (χ1) is 26.6. The van der Waals surface area contributed by atoms with Crippen LogP contribution in [-0.2, 0) is 55.8 Å². The number of quaternary nitrogens is 1. The summed E-state index contributed by atoms with van der Waals surface area (Å²) in [6, 6.07) is 0. The molecule has 2 aliphatic rings. The molecule has 3 aromatic heterocycles. The van der Waals surface area contributed by atoms with Crippen LogP contribution in [0.2, 0.25) is 0 Å². The van der Waals surface area contributed by atoms with E-state index in [1.54, 1.807) is 4.57 Å². The molecule has 5 rings (SSSR count). The number of rotatable bonds is 21. The number of nitrogen functional groups attached to an aromatic ring is 3. The van der Waals surface area contributed by atoms with Gasteiger partial charge in [-0.25, -0.2) is 14.4 Å². The number of likely N-dealkylation sites (N-methyl/N-ethyl adjacent to an activating group) is 1. The molecule has 26 nitrogen and oxygen atoms in total. The minimum atomic E-state index is -3.68. The number of hydrogen-bond acceptors (Lipinski definition) is 23. The van der Waals surface area contributed by atoms with E-state index < -0.39 is 89.8 Å². The van der Waals surface area contributed by atoms with Crippen molar-refractivity contribution in [2.24, 2.45) is 0 Å². The lowest BCUT2D eigenvalue weighted by Crippen LogP contribution is -2.58. The first kappa shape index (κ1) is 44.3. The Morgan fingerprint density at radius 2 is 1.82 bits per heavy atom. The van der Waals surface area contributed by atoms with E-state index in [0.717, 1.165) is 11.4 Å². The zero-order chi connectivity index (χ0) is 40.8. The number of aromatic nitrogens is 6. The van der Waals surface area contributed by atoms with Crippen LogP contribution in [0.15, 0.2) is 15.9 Å². The van der Waals surface area contributed by atoms with Crippen LogP contribution < -0.4 is 32.8 Å². The molecule has 30 heteroatoms. The maximum atomic E-state index is 12.8. The lowest BCUT2D eigenvalue weighted by Gasteiger charge is -2.35. The number of aliphatic hydroxyl groups excluding tert-OH is 2. The van der Waals surface area contributed by atoms with Crippen molar-refractivity contribution >= 4 is 70.0 Å². The number of nitrogens with two attached hydrogens (primary N) is 3. The van der Waals surface area contributed by atoms with Gasteiger partial charge in [0.25, 0.3) is 5.56 Å². The third-order valence-corrected chi connectivity index (χ3v) is 13.0. The monoisotopic (exact) mass is 876 g/mol. The van der Waals surface area contributed by atoms with E-state index in [1.165, 1.54) is 33.8 Å². The molecule has 0 amide bonds. The van der Waals surface area contributed by atoms with Crippen LogP contribution in [0.25, 0.3) is 11.2 Å². The molecule has 0 aliphatic carbocycles. The zero-order valence-electron chi connectivity index (χ0n) is 30.2. The highest BCUT2D eigenvalue weighted by atomic mass is 32.7. The Labute approximate surface area is 323 Å². The molecule has 5 heterocycles. The maximum absolute atomic E-state index is 12.8. The molecule has 0 aromatic carbocycles. The van der Waals surface area contributed by atoms with Gasteiger partial charge in [0, 0.05) is 11.7 Å². The van der Waals surface area contributed by atoms with Crippen LogP contribution in [0.1, 0.15) is 19.1 Å². The molecule has 10 N–H and O–H groups in total. The van der Waals surface area contributed by atoms with Crippen molar-refractivity contribution in [2.45, 2.75) is 55.8 Å². The number of fused-ring (bicyclic) bond motifs is 1. The summed E-state index contributed by atoms with van der Waals surface area (Å²) in [6.07, 6.45) is -3.22. The van der Waals surface area contributed by atoms with Gasteiger partial charge in [-0.3, -0.25) is 33.1 Å². The van der Waals surface area contributed by atoms with E-state index in [1.807, 2.05) is 0 Å². The summed E-state index contributed by atoms with van der Waals surface area (Å²) in [5.41, 5.74) is 16.4. The molecule has 0 radical (unpaired) electrons. The fourth-order valence-corrected chi connectivity index (χ4v) is 8.57. The summed E-state index contributed by atoms with van der Waals surface area (Å²) in [7, 11) is 0.570. The van der Waals surface area contributed by atoms with Gasteiger partial charge in [0.2, 0.25) is 23.8 Å². The number of ether oxygens (including phenoxy) is 2. The second kappa shape index (κ2) is 19.3. The van der Waals surface area contributed by atoms with Crippen LogP contribution >= 0.6 is 35.5 Å². The molecule has 8 unspecified atom stereocenters. The molecular formula is C26H43N10O16P3S+2. The van der Waals surface area contributed by atoms with Crippen molar-refractivity contribution in [2.75, 3.05) is 71.1 Å². The van der Waals surface area contributed by atoms with Crippen LogP contribution in [0.5, 0.6) is 0 Å². The number of aliphatic hydroxyl groups is 2. The van der Waals surface area contributed by atoms with Crippen LogP contribution in [0.3, 0.4) is 0 Å². The second-order valence-electron chi connectivity index (χ2n) is 12.5. The summed E-state index contributed by atoms with van der Waals surface area (Å²) in [4.78, 5) is 51.6. The number of aromatic amines is 2. The quantitative estimate of drug-likeness (QED) is 0.0242. The average molecular weight is 877 g/mol. The molecule has 0 bridgehead atoms. The van der Waals surface area contributed by atoms with Gasteiger partial charge >= 0.3 is 20.6 Å². The lowest BCUT2D eigenvalue weighted by atomic mass is 10.1. The fourth-order valence-electron chi connectivity index (χ4n) is 5.80. The highest BCUT2D eigenvalue weighted by molar-refractivity contribution is 8.54. The molecule has 312 valence electrons. The topological polar surface area (TPSA) is 354 Å². The van der Waals surface area contributed by atoms with Crippen LogP contribution in [0.4, 0.5) is 23.4 Å². The van der Waals surface area contributed by atoms with Gasteiger partial charge in [0.15, 0.2) is 32.1 Å². The zero-order valence-corrected chi connectivity index (χ0v) is 33.8. The normalized spacial score (nSPS) is 25.0. The summed E-state index contributed by atoms with van der Waals surface area (Å²) in [5.74, 6) is -0.456. The number of nitrogens with one attached hydrogen (secondary N) is 2. The van der Waals surface area contributed by atoms with Crippen molar-refractivity contribution in [3.8, 4) is 0 Å². The highest BCUT2D eigenvalue weighted by Crippen LogP contribution is 2.59. The Kier molecular flexibility index (Phi) is 15.3. The standard InChI is InChI=1S/C26H41N10O16P3S/c1-36(2,17-20(27)31-25(28)34-23(17)40)24-19(38)18(37)14(49-24)10-45-52-54(41)47-9-13(50-55(42,43-3)56-4)7-44-51-53-46-8-12-5-6-15(48-12)35-11-30-16-21(35)32-26(29)33-22(16)39/h11-15,18-19,24,37-38,53H,5-10H2,1-4H3,(H6-2,27,28,29,31,32,33,34,39,40)/p+2/t12?,13?,14-,15?,18?,19?,24-,55?/m1/s1. The van der Waals surface area contributed by atoms with Gasteiger partial charge in [0.05, 0.1) is 37.8 Å². The molecule has 2 fully saturated rings. The average Bonchev–Trinajstić information content (AvgIpc) is 3.86. The van der Waals surface area contributed by atoms with Gasteiger partial charge in [-0.05, 0) is 30.5 Å². The number of nitrogens with zero attached hydrogens (tertiary/aromatic N) is 5. The van der Waals surface area contributed by atoms with Crippen molar-refractivity contribution < 1.29 is 66.0 Å². The first-order valence-electron chi connectivity index (χ1n) is 16.4. The number of H-pyrrole nitrogens is 2. The number of hydrogen-bond donors (Lipinski definition) is 7. The minimum Gasteiger partial charge on any atom is -0.387 e. The molecule has 2 saturated heterocycles. The van der Waals surface area contributed by atoms with Gasteiger partial charge < -0.3 is 45.9 Å². The summed E-state index contributed by atoms with van der Waals surface area (Å²) in [6.45, 7) is -4.96. The molecule has 0 saturated carbocycles. The molecule has 10 atom stereocenters. The first-order valence-corrected chi connectivity index (χ1v) is 21.7. The van der Waals surface area contributed by atoms with E-state index >= 15 is 0 Å². The summed E-state index contributed by atoms with van der Waals surface area (Å²) >= 11 is 0.794. The largest absolute Gasteiger partial charge is 0.728 e. The number of anilines is 3. The highest BCUT2D eigenvalue weighted by Gasteiger charge is 2.53. The molecule has 56 heavy (non-hydrogen) atoms. The Hall–Kier alpha value is -2.78. The minimum absolute atomic E-state index is 0.0416. The maximum Gasteiger partial charge on any atom is 0.728 e. The van der Waals surface area contributed by atoms with E-state index in [2.05, 4.69) is 24.9 Å². The van der Waals surface area contributed by atoms with Crippen molar-refractivity contribution in [3.63, 3.8) is 0 Å². The van der Waals surface area contributed by atoms with E-state index in [0.29, 0.717) is 18.5 Å². The molecule has 2 aliphatic heterocycles. The van der Waals surface area contributed by atoms with Gasteiger partial charge in [-0.2, -0.15) is 19.5 Å². The lowest BCUT2D eigenvalue weighted by molar-refractivity contribution is -0.238. The number of imidazole rings is 1. The van der Waals surface area contributed by atoms with Crippen LogP contribution in [-0.4, -0.2) is 130 Å². The molecule has 3 aromatic rings. The Balaban J connectivity index is 1.03.